The predicted octanol–water partition coefficient (Wildman–Crippen LogP) is 4.51. The number of hydrogen-bond donors (Lipinski definition) is 1. The molecule has 5 rings (SSSR count). The molecule has 0 bridgehead atoms. The van der Waals surface area contributed by atoms with E-state index >= 15 is 0 Å². The summed E-state index contributed by atoms with van der Waals surface area (Å²) in [6, 6.07) is 13.6. The maximum absolute atomic E-state index is 13.5. The van der Waals surface area contributed by atoms with E-state index in [-0.39, 0.29) is 17.9 Å². The van der Waals surface area contributed by atoms with Gasteiger partial charge < -0.3 is 19.7 Å². The number of pyridine rings is 1. The van der Waals surface area contributed by atoms with Crippen LogP contribution in [-0.4, -0.2) is 48.5 Å². The first kappa shape index (κ1) is 23.1. The Morgan fingerprint density at radius 1 is 1.06 bits per heavy atom. The number of carbonyl (C=O) groups excluding carboxylic acids is 2. The van der Waals surface area contributed by atoms with E-state index in [9.17, 15) is 9.59 Å². The van der Waals surface area contributed by atoms with Crippen molar-refractivity contribution in [1.29, 1.82) is 0 Å². The molecule has 7 nitrogen and oxygen atoms in total. The average molecular weight is 474 g/mol. The Labute approximate surface area is 205 Å². The molecule has 1 aliphatic carbocycles. The summed E-state index contributed by atoms with van der Waals surface area (Å²) in [7, 11) is 3.21. The first-order chi connectivity index (χ1) is 17.1. The minimum atomic E-state index is -0.168. The summed E-state index contributed by atoms with van der Waals surface area (Å²) in [6.07, 6.45) is 6.19. The topological polar surface area (TPSA) is 80.8 Å². The molecule has 2 aromatic carbocycles. The SMILES string of the molecule is COc1ccc(CCNC(=O)c2c3c(nc4ccccc24)C(=O)N(C2CCCCC2)C3)cc1OC. The van der Waals surface area contributed by atoms with Gasteiger partial charge in [0, 0.05) is 30.1 Å². The van der Waals surface area contributed by atoms with Crippen LogP contribution in [0.3, 0.4) is 0 Å². The Morgan fingerprint density at radius 3 is 2.60 bits per heavy atom. The molecule has 0 atom stereocenters. The van der Waals surface area contributed by atoms with Crippen LogP contribution >= 0.6 is 0 Å². The number of rotatable bonds is 7. The van der Waals surface area contributed by atoms with Crippen LogP contribution in [0.25, 0.3) is 10.9 Å². The zero-order valence-corrected chi connectivity index (χ0v) is 20.3. The van der Waals surface area contributed by atoms with Gasteiger partial charge in [0.15, 0.2) is 11.5 Å². The zero-order valence-electron chi connectivity index (χ0n) is 20.3. The zero-order chi connectivity index (χ0) is 24.4. The van der Waals surface area contributed by atoms with Crippen molar-refractivity contribution in [2.75, 3.05) is 20.8 Å². The van der Waals surface area contributed by atoms with Gasteiger partial charge in [0.25, 0.3) is 11.8 Å². The lowest BCUT2D eigenvalue weighted by atomic mass is 9.94. The first-order valence-corrected chi connectivity index (χ1v) is 12.3. The van der Waals surface area contributed by atoms with Crippen LogP contribution in [0.1, 0.15) is 64.1 Å². The molecule has 0 unspecified atom stereocenters. The molecule has 7 heteroatoms. The first-order valence-electron chi connectivity index (χ1n) is 12.3. The smallest absolute Gasteiger partial charge is 0.273 e. The molecule has 2 amide bonds. The molecule has 182 valence electrons. The third-order valence-corrected chi connectivity index (χ3v) is 7.17. The van der Waals surface area contributed by atoms with Crippen LogP contribution in [0.4, 0.5) is 0 Å². The van der Waals surface area contributed by atoms with Crippen molar-refractivity contribution < 1.29 is 19.1 Å². The fraction of sp³-hybridized carbons (Fsp3) is 0.393. The van der Waals surface area contributed by atoms with Crippen molar-refractivity contribution in [3.63, 3.8) is 0 Å². The fourth-order valence-electron chi connectivity index (χ4n) is 5.35. The molecule has 1 saturated carbocycles. The maximum atomic E-state index is 13.5. The largest absolute Gasteiger partial charge is 0.493 e. The maximum Gasteiger partial charge on any atom is 0.273 e. The van der Waals surface area contributed by atoms with Gasteiger partial charge in [-0.3, -0.25) is 9.59 Å². The standard InChI is InChI=1S/C28H31N3O4/c1-34-23-13-12-18(16-24(23)35-2)14-15-29-27(32)25-20-10-6-7-11-22(20)30-26-21(25)17-31(28(26)33)19-8-4-3-5-9-19/h6-7,10-13,16,19H,3-5,8-9,14-15,17H2,1-2H3,(H,29,32). The van der Waals surface area contributed by atoms with Crippen LogP contribution in [0, 0.1) is 0 Å². The van der Waals surface area contributed by atoms with E-state index in [0.29, 0.717) is 47.8 Å². The van der Waals surface area contributed by atoms with E-state index < -0.39 is 0 Å². The summed E-state index contributed by atoms with van der Waals surface area (Å²) in [6.45, 7) is 0.912. The Morgan fingerprint density at radius 2 is 1.83 bits per heavy atom. The Kier molecular flexibility index (Phi) is 6.57. The minimum Gasteiger partial charge on any atom is -0.493 e. The second kappa shape index (κ2) is 9.94. The Balaban J connectivity index is 1.39. The van der Waals surface area contributed by atoms with E-state index in [0.717, 1.165) is 42.2 Å². The van der Waals surface area contributed by atoms with Crippen molar-refractivity contribution in [2.24, 2.45) is 0 Å². The van der Waals surface area contributed by atoms with Crippen LogP contribution in [0.15, 0.2) is 42.5 Å². The van der Waals surface area contributed by atoms with E-state index in [2.05, 4.69) is 5.32 Å². The highest BCUT2D eigenvalue weighted by Gasteiger charge is 2.37. The van der Waals surface area contributed by atoms with Crippen LogP contribution in [-0.2, 0) is 13.0 Å². The number of nitrogens with zero attached hydrogens (tertiary/aromatic N) is 2. The number of hydrogen-bond acceptors (Lipinski definition) is 5. The molecule has 1 N–H and O–H groups in total. The van der Waals surface area contributed by atoms with Crippen LogP contribution < -0.4 is 14.8 Å². The third kappa shape index (κ3) is 4.43. The van der Waals surface area contributed by atoms with Crippen molar-refractivity contribution in [2.45, 2.75) is 51.1 Å². The van der Waals surface area contributed by atoms with Crippen molar-refractivity contribution >= 4 is 22.7 Å². The summed E-state index contributed by atoms with van der Waals surface area (Å²) in [4.78, 5) is 33.5. The molecular formula is C28H31N3O4. The number of aromatic nitrogens is 1. The number of methoxy groups -OCH3 is 2. The Bertz CT molecular complexity index is 1270. The molecule has 1 fully saturated rings. The van der Waals surface area contributed by atoms with Gasteiger partial charge in [-0.1, -0.05) is 43.5 Å². The second-order valence-corrected chi connectivity index (χ2v) is 9.25. The third-order valence-electron chi connectivity index (χ3n) is 7.17. The fourth-order valence-corrected chi connectivity index (χ4v) is 5.35. The number of para-hydroxylation sites is 1. The number of nitrogens with one attached hydrogen (secondary N) is 1. The summed E-state index contributed by atoms with van der Waals surface area (Å²) < 4.78 is 10.7. The quantitative estimate of drug-likeness (QED) is 0.546. The number of benzene rings is 2. The summed E-state index contributed by atoms with van der Waals surface area (Å²) in [5.41, 5.74) is 3.47. The lowest BCUT2D eigenvalue weighted by molar-refractivity contribution is 0.0655. The highest BCUT2D eigenvalue weighted by molar-refractivity contribution is 6.11. The molecule has 0 radical (unpaired) electrons. The van der Waals surface area contributed by atoms with Crippen molar-refractivity contribution in [3.8, 4) is 11.5 Å². The van der Waals surface area contributed by atoms with Gasteiger partial charge in [-0.05, 0) is 43.0 Å². The van der Waals surface area contributed by atoms with E-state index in [1.54, 1.807) is 14.2 Å². The number of ether oxygens (including phenoxy) is 2. The van der Waals surface area contributed by atoms with Gasteiger partial charge in [-0.2, -0.15) is 0 Å². The van der Waals surface area contributed by atoms with E-state index in [4.69, 9.17) is 14.5 Å². The molecule has 1 aromatic heterocycles. The molecule has 0 spiro atoms. The number of carbonyl (C=O) groups is 2. The molecule has 2 heterocycles. The molecular weight excluding hydrogens is 442 g/mol. The number of fused-ring (bicyclic) bond motifs is 2. The highest BCUT2D eigenvalue weighted by Crippen LogP contribution is 2.34. The van der Waals surface area contributed by atoms with E-state index in [1.807, 2.05) is 47.4 Å². The normalized spacial score (nSPS) is 15.8. The predicted molar refractivity (Wildman–Crippen MR) is 134 cm³/mol. The van der Waals surface area contributed by atoms with Gasteiger partial charge in [0.2, 0.25) is 0 Å². The average Bonchev–Trinajstić information content (AvgIpc) is 3.23. The highest BCUT2D eigenvalue weighted by atomic mass is 16.5. The van der Waals surface area contributed by atoms with Crippen LogP contribution in [0.2, 0.25) is 0 Å². The second-order valence-electron chi connectivity index (χ2n) is 9.25. The van der Waals surface area contributed by atoms with Gasteiger partial charge in [0.1, 0.15) is 5.69 Å². The molecule has 0 saturated heterocycles. The molecule has 1 aliphatic heterocycles. The molecule has 35 heavy (non-hydrogen) atoms. The van der Waals surface area contributed by atoms with Crippen molar-refractivity contribution in [1.82, 2.24) is 15.2 Å². The summed E-state index contributed by atoms with van der Waals surface area (Å²) in [5, 5.41) is 3.86. The molecule has 2 aliphatic rings. The lowest BCUT2D eigenvalue weighted by Crippen LogP contribution is -2.37. The van der Waals surface area contributed by atoms with Gasteiger partial charge in [-0.15, -0.1) is 0 Å². The van der Waals surface area contributed by atoms with Crippen LogP contribution in [0.5, 0.6) is 11.5 Å². The van der Waals surface area contributed by atoms with E-state index in [1.165, 1.54) is 6.42 Å². The lowest BCUT2D eigenvalue weighted by Gasteiger charge is -2.30. The Hall–Kier alpha value is -3.61. The monoisotopic (exact) mass is 473 g/mol. The molecule has 3 aromatic rings. The van der Waals surface area contributed by atoms with Crippen molar-refractivity contribution in [3.05, 3.63) is 64.8 Å². The summed E-state index contributed by atoms with van der Waals surface area (Å²) in [5.74, 6) is 1.12. The van der Waals surface area contributed by atoms with Gasteiger partial charge in [-0.25, -0.2) is 4.98 Å². The number of amides is 2. The van der Waals surface area contributed by atoms with Gasteiger partial charge >= 0.3 is 0 Å². The van der Waals surface area contributed by atoms with Gasteiger partial charge in [0.05, 0.1) is 25.3 Å². The summed E-state index contributed by atoms with van der Waals surface area (Å²) >= 11 is 0. The minimum absolute atomic E-state index is 0.0444.